The Morgan fingerprint density at radius 1 is 1.33 bits per heavy atom. The minimum Gasteiger partial charge on any atom is -0.391 e. The molecule has 82 valence electrons. The molecule has 1 rings (SSSR count). The fraction of sp³-hybridized carbons (Fsp3) is 0.300. The third-order valence-electron chi connectivity index (χ3n) is 1.72. The van der Waals surface area contributed by atoms with Crippen molar-refractivity contribution in [2.45, 2.75) is 19.7 Å². The summed E-state index contributed by atoms with van der Waals surface area (Å²) < 4.78 is 37.4. The molecule has 0 aliphatic rings. The van der Waals surface area contributed by atoms with Crippen molar-refractivity contribution in [3.63, 3.8) is 0 Å². The molecule has 0 fully saturated rings. The molecule has 5 heteroatoms. The number of alkyl halides is 3. The van der Waals surface area contributed by atoms with Crippen LogP contribution in [0.25, 0.3) is 0 Å². The van der Waals surface area contributed by atoms with Crippen molar-refractivity contribution in [1.82, 2.24) is 0 Å². The van der Waals surface area contributed by atoms with Gasteiger partial charge < -0.3 is 4.84 Å². The Morgan fingerprint density at radius 2 is 2.00 bits per heavy atom. The van der Waals surface area contributed by atoms with Gasteiger partial charge in [0.2, 0.25) is 0 Å². The fourth-order valence-corrected chi connectivity index (χ4v) is 1.10. The predicted molar refractivity (Wildman–Crippen MR) is 50.4 cm³/mol. The molecule has 0 N–H and O–H groups in total. The smallest absolute Gasteiger partial charge is 0.391 e. The number of halogens is 3. The van der Waals surface area contributed by atoms with Crippen LogP contribution in [0.1, 0.15) is 18.1 Å². The van der Waals surface area contributed by atoms with E-state index in [9.17, 15) is 13.2 Å². The van der Waals surface area contributed by atoms with Gasteiger partial charge in [0.1, 0.15) is 6.61 Å². The minimum absolute atomic E-state index is 0.0793. The van der Waals surface area contributed by atoms with Crippen molar-refractivity contribution in [3.05, 3.63) is 35.4 Å². The molecule has 0 radical (unpaired) electrons. The van der Waals surface area contributed by atoms with Gasteiger partial charge in [-0.15, -0.1) is 0 Å². The molecular formula is C10H10F3NO. The molecule has 0 heterocycles. The molecule has 0 unspecified atom stereocenters. The summed E-state index contributed by atoms with van der Waals surface area (Å²) in [6.07, 6.45) is -2.98. The Kier molecular flexibility index (Phi) is 3.71. The van der Waals surface area contributed by atoms with E-state index in [4.69, 9.17) is 0 Å². The van der Waals surface area contributed by atoms with Gasteiger partial charge in [-0.1, -0.05) is 23.4 Å². The molecule has 0 aliphatic carbocycles. The standard InChI is InChI=1S/C10H10F3NO/c1-2-14-15-7-8-5-3-4-6-9(8)10(11,12)13/h2-6H,7H2,1H3. The molecule has 15 heavy (non-hydrogen) atoms. The molecule has 0 bridgehead atoms. The van der Waals surface area contributed by atoms with E-state index in [2.05, 4.69) is 9.99 Å². The van der Waals surface area contributed by atoms with Crippen LogP contribution in [0.3, 0.4) is 0 Å². The summed E-state index contributed by atoms with van der Waals surface area (Å²) in [6.45, 7) is 1.44. The summed E-state index contributed by atoms with van der Waals surface area (Å²) in [5.41, 5.74) is -0.605. The van der Waals surface area contributed by atoms with Gasteiger partial charge in [-0.2, -0.15) is 13.2 Å². The first-order valence-electron chi connectivity index (χ1n) is 4.30. The van der Waals surface area contributed by atoms with E-state index in [0.29, 0.717) is 0 Å². The van der Waals surface area contributed by atoms with Crippen molar-refractivity contribution in [2.75, 3.05) is 0 Å². The highest BCUT2D eigenvalue weighted by Gasteiger charge is 2.32. The molecule has 0 aromatic heterocycles. The monoisotopic (exact) mass is 217 g/mol. The maximum Gasteiger partial charge on any atom is 0.416 e. The highest BCUT2D eigenvalue weighted by molar-refractivity contribution is 5.52. The lowest BCUT2D eigenvalue weighted by Gasteiger charge is -2.11. The maximum absolute atomic E-state index is 12.5. The second kappa shape index (κ2) is 4.82. The molecule has 0 spiro atoms. The van der Waals surface area contributed by atoms with E-state index < -0.39 is 11.7 Å². The Morgan fingerprint density at radius 3 is 2.60 bits per heavy atom. The number of nitrogens with zero attached hydrogens (tertiary/aromatic N) is 1. The number of benzene rings is 1. The van der Waals surface area contributed by atoms with Gasteiger partial charge in [0.15, 0.2) is 0 Å². The molecule has 1 aromatic rings. The van der Waals surface area contributed by atoms with Crippen molar-refractivity contribution < 1.29 is 18.0 Å². The average molecular weight is 217 g/mol. The first-order valence-corrected chi connectivity index (χ1v) is 4.30. The Bertz CT molecular complexity index is 347. The molecule has 0 atom stereocenters. The van der Waals surface area contributed by atoms with Gasteiger partial charge in [-0.25, -0.2) is 0 Å². The lowest BCUT2D eigenvalue weighted by molar-refractivity contribution is -0.138. The lowest BCUT2D eigenvalue weighted by atomic mass is 10.1. The Labute approximate surface area is 85.4 Å². The van der Waals surface area contributed by atoms with Crippen LogP contribution in [0.15, 0.2) is 29.4 Å². The lowest BCUT2D eigenvalue weighted by Crippen LogP contribution is -2.09. The summed E-state index contributed by atoms with van der Waals surface area (Å²) in [7, 11) is 0. The fourth-order valence-electron chi connectivity index (χ4n) is 1.10. The van der Waals surface area contributed by atoms with E-state index >= 15 is 0 Å². The van der Waals surface area contributed by atoms with Crippen LogP contribution >= 0.6 is 0 Å². The zero-order chi connectivity index (χ0) is 11.3. The first kappa shape index (κ1) is 11.6. The van der Waals surface area contributed by atoms with Gasteiger partial charge in [0.25, 0.3) is 0 Å². The van der Waals surface area contributed by atoms with Crippen LogP contribution in [0.4, 0.5) is 13.2 Å². The first-order chi connectivity index (χ1) is 7.05. The summed E-state index contributed by atoms with van der Waals surface area (Å²) in [6, 6.07) is 5.27. The number of oxime groups is 1. The van der Waals surface area contributed by atoms with Crippen LogP contribution in [0.5, 0.6) is 0 Å². The quantitative estimate of drug-likeness (QED) is 0.562. The van der Waals surface area contributed by atoms with Gasteiger partial charge in [0.05, 0.1) is 5.56 Å². The normalized spacial score (nSPS) is 12.0. The minimum atomic E-state index is -4.35. The van der Waals surface area contributed by atoms with Gasteiger partial charge in [0, 0.05) is 11.8 Å². The molecule has 2 nitrogen and oxygen atoms in total. The van der Waals surface area contributed by atoms with E-state index in [-0.39, 0.29) is 12.2 Å². The highest BCUT2D eigenvalue weighted by atomic mass is 19.4. The Balaban J connectivity index is 2.87. The molecule has 0 aliphatic heterocycles. The molecule has 0 saturated heterocycles. The average Bonchev–Trinajstić information content (AvgIpc) is 2.17. The number of rotatable bonds is 3. The van der Waals surface area contributed by atoms with Crippen molar-refractivity contribution in [2.24, 2.45) is 5.16 Å². The van der Waals surface area contributed by atoms with E-state index in [1.54, 1.807) is 6.92 Å². The maximum atomic E-state index is 12.5. The van der Waals surface area contributed by atoms with Crippen molar-refractivity contribution in [1.29, 1.82) is 0 Å². The van der Waals surface area contributed by atoms with Gasteiger partial charge >= 0.3 is 6.18 Å². The largest absolute Gasteiger partial charge is 0.416 e. The SMILES string of the molecule is CC=NOCc1ccccc1C(F)(F)F. The van der Waals surface area contributed by atoms with Crippen molar-refractivity contribution in [3.8, 4) is 0 Å². The van der Waals surface area contributed by atoms with Crippen LogP contribution in [0, 0.1) is 0 Å². The molecular weight excluding hydrogens is 207 g/mol. The van der Waals surface area contributed by atoms with Gasteiger partial charge in [-0.05, 0) is 13.0 Å². The van der Waals surface area contributed by atoms with E-state index in [1.165, 1.54) is 24.4 Å². The number of hydrogen-bond acceptors (Lipinski definition) is 2. The summed E-state index contributed by atoms with van der Waals surface area (Å²) in [5, 5.41) is 3.40. The van der Waals surface area contributed by atoms with Crippen LogP contribution in [-0.2, 0) is 17.6 Å². The second-order valence-electron chi connectivity index (χ2n) is 2.79. The number of hydrogen-bond donors (Lipinski definition) is 0. The molecule has 0 amide bonds. The zero-order valence-electron chi connectivity index (χ0n) is 8.08. The zero-order valence-corrected chi connectivity index (χ0v) is 8.08. The van der Waals surface area contributed by atoms with E-state index in [0.717, 1.165) is 6.07 Å². The predicted octanol–water partition coefficient (Wildman–Crippen LogP) is 3.23. The Hall–Kier alpha value is -1.52. The summed E-state index contributed by atoms with van der Waals surface area (Å²) >= 11 is 0. The third kappa shape index (κ3) is 3.27. The van der Waals surface area contributed by atoms with E-state index in [1.807, 2.05) is 0 Å². The topological polar surface area (TPSA) is 21.6 Å². The van der Waals surface area contributed by atoms with Crippen LogP contribution in [0.2, 0.25) is 0 Å². The highest BCUT2D eigenvalue weighted by Crippen LogP contribution is 2.32. The summed E-state index contributed by atoms with van der Waals surface area (Å²) in [4.78, 5) is 4.67. The molecule has 1 aromatic carbocycles. The van der Waals surface area contributed by atoms with Gasteiger partial charge in [-0.3, -0.25) is 0 Å². The van der Waals surface area contributed by atoms with Crippen LogP contribution in [-0.4, -0.2) is 6.21 Å². The van der Waals surface area contributed by atoms with Crippen LogP contribution < -0.4 is 0 Å². The third-order valence-corrected chi connectivity index (χ3v) is 1.72. The summed E-state index contributed by atoms with van der Waals surface area (Å²) in [5.74, 6) is 0. The second-order valence-corrected chi connectivity index (χ2v) is 2.79. The van der Waals surface area contributed by atoms with Crippen molar-refractivity contribution >= 4 is 6.21 Å². The molecule has 0 saturated carbocycles.